The summed E-state index contributed by atoms with van der Waals surface area (Å²) in [6.45, 7) is 2.43. The SMILES string of the molecule is COc1ccc(-c2noc(C3CNN4C(C5CCNCC5)=CC(=O)NC34)n2)cc1F. The molecule has 5 rings (SSSR count). The van der Waals surface area contributed by atoms with Crippen LogP contribution in [0.2, 0.25) is 0 Å². The maximum Gasteiger partial charge on any atom is 0.247 e. The first kappa shape index (κ1) is 19.0. The van der Waals surface area contributed by atoms with Crippen LogP contribution in [-0.4, -0.2) is 54.0 Å². The minimum Gasteiger partial charge on any atom is -0.494 e. The first-order chi connectivity index (χ1) is 14.6. The normalized spacial score (nSPS) is 24.4. The van der Waals surface area contributed by atoms with Crippen LogP contribution in [0, 0.1) is 11.7 Å². The van der Waals surface area contributed by atoms with Gasteiger partial charge in [0.15, 0.2) is 11.6 Å². The van der Waals surface area contributed by atoms with Gasteiger partial charge in [0.1, 0.15) is 6.17 Å². The zero-order chi connectivity index (χ0) is 20.7. The average Bonchev–Trinajstić information content (AvgIpc) is 3.41. The number of benzene rings is 1. The molecule has 3 aliphatic rings. The first-order valence-corrected chi connectivity index (χ1v) is 10.1. The van der Waals surface area contributed by atoms with Crippen LogP contribution < -0.4 is 20.8 Å². The monoisotopic (exact) mass is 414 g/mol. The van der Waals surface area contributed by atoms with Crippen molar-refractivity contribution in [2.24, 2.45) is 5.92 Å². The zero-order valence-corrected chi connectivity index (χ0v) is 16.5. The molecule has 30 heavy (non-hydrogen) atoms. The van der Waals surface area contributed by atoms with Gasteiger partial charge < -0.3 is 19.9 Å². The number of fused-ring (bicyclic) bond motifs is 1. The summed E-state index contributed by atoms with van der Waals surface area (Å²) in [5.74, 6) is 0.340. The number of hydrogen-bond donors (Lipinski definition) is 3. The summed E-state index contributed by atoms with van der Waals surface area (Å²) >= 11 is 0. The molecule has 2 saturated heterocycles. The molecule has 2 aromatic rings. The van der Waals surface area contributed by atoms with Crippen LogP contribution in [0.25, 0.3) is 11.4 Å². The van der Waals surface area contributed by atoms with Gasteiger partial charge in [-0.25, -0.2) is 9.82 Å². The van der Waals surface area contributed by atoms with Crippen molar-refractivity contribution in [2.75, 3.05) is 26.7 Å². The van der Waals surface area contributed by atoms with E-state index < -0.39 is 5.82 Å². The molecule has 2 atom stereocenters. The summed E-state index contributed by atoms with van der Waals surface area (Å²) in [7, 11) is 1.41. The minimum absolute atomic E-state index is 0.115. The molecule has 0 saturated carbocycles. The van der Waals surface area contributed by atoms with E-state index in [9.17, 15) is 9.18 Å². The Labute approximate surface area is 172 Å². The van der Waals surface area contributed by atoms with Crippen molar-refractivity contribution < 1.29 is 18.4 Å². The Morgan fingerprint density at radius 2 is 2.13 bits per heavy atom. The highest BCUT2D eigenvalue weighted by Gasteiger charge is 2.44. The van der Waals surface area contributed by atoms with Crippen LogP contribution in [-0.2, 0) is 4.79 Å². The number of hydrogen-bond acceptors (Lipinski definition) is 8. The van der Waals surface area contributed by atoms with Crippen LogP contribution in [0.3, 0.4) is 0 Å². The molecule has 0 bridgehead atoms. The highest BCUT2D eigenvalue weighted by molar-refractivity contribution is 5.89. The Morgan fingerprint density at radius 3 is 2.90 bits per heavy atom. The third-order valence-electron chi connectivity index (χ3n) is 5.91. The number of nitrogens with one attached hydrogen (secondary N) is 3. The van der Waals surface area contributed by atoms with E-state index in [0.29, 0.717) is 29.7 Å². The second-order valence-electron chi connectivity index (χ2n) is 7.69. The Kier molecular flexibility index (Phi) is 4.87. The lowest BCUT2D eigenvalue weighted by molar-refractivity contribution is -0.119. The molecule has 1 amide bonds. The Balaban J connectivity index is 1.38. The molecule has 2 unspecified atom stereocenters. The summed E-state index contributed by atoms with van der Waals surface area (Å²) in [6.07, 6.45) is 3.35. The van der Waals surface area contributed by atoms with Crippen molar-refractivity contribution in [1.29, 1.82) is 0 Å². The second-order valence-corrected chi connectivity index (χ2v) is 7.69. The number of piperidine rings is 1. The van der Waals surface area contributed by atoms with E-state index in [1.54, 1.807) is 12.1 Å². The topological polar surface area (TPSA) is 105 Å². The number of carbonyl (C=O) groups is 1. The molecule has 9 nitrogen and oxygen atoms in total. The molecular weight excluding hydrogens is 391 g/mol. The van der Waals surface area contributed by atoms with Gasteiger partial charge in [-0.1, -0.05) is 5.16 Å². The second kappa shape index (κ2) is 7.69. The van der Waals surface area contributed by atoms with E-state index in [1.807, 2.05) is 5.01 Å². The fourth-order valence-electron chi connectivity index (χ4n) is 4.36. The maximum atomic E-state index is 14.0. The van der Waals surface area contributed by atoms with Crippen molar-refractivity contribution in [3.63, 3.8) is 0 Å². The number of amides is 1. The van der Waals surface area contributed by atoms with Crippen molar-refractivity contribution in [3.05, 3.63) is 41.7 Å². The molecule has 4 heterocycles. The van der Waals surface area contributed by atoms with Gasteiger partial charge in [-0.2, -0.15) is 4.98 Å². The molecule has 158 valence electrons. The average molecular weight is 414 g/mol. The lowest BCUT2D eigenvalue weighted by atomic mass is 9.92. The van der Waals surface area contributed by atoms with E-state index in [4.69, 9.17) is 9.26 Å². The molecule has 0 spiro atoms. The van der Waals surface area contributed by atoms with E-state index in [2.05, 4.69) is 26.2 Å². The largest absolute Gasteiger partial charge is 0.494 e. The molecule has 10 heteroatoms. The third kappa shape index (κ3) is 3.31. The van der Waals surface area contributed by atoms with Crippen molar-refractivity contribution in [1.82, 2.24) is 31.2 Å². The number of hydrazine groups is 1. The van der Waals surface area contributed by atoms with Crippen LogP contribution in [0.5, 0.6) is 5.75 Å². The van der Waals surface area contributed by atoms with E-state index >= 15 is 0 Å². The molecule has 0 aliphatic carbocycles. The number of rotatable bonds is 4. The fourth-order valence-corrected chi connectivity index (χ4v) is 4.36. The summed E-state index contributed by atoms with van der Waals surface area (Å²) < 4.78 is 24.5. The van der Waals surface area contributed by atoms with E-state index in [0.717, 1.165) is 31.6 Å². The van der Waals surface area contributed by atoms with Gasteiger partial charge in [-0.05, 0) is 44.1 Å². The maximum absolute atomic E-state index is 14.0. The number of nitrogens with zero attached hydrogens (tertiary/aromatic N) is 3. The van der Waals surface area contributed by atoms with Crippen LogP contribution in [0.15, 0.2) is 34.5 Å². The van der Waals surface area contributed by atoms with Crippen LogP contribution >= 0.6 is 0 Å². The summed E-state index contributed by atoms with van der Waals surface area (Å²) in [6, 6.07) is 4.51. The molecular formula is C20H23FN6O3. The number of aromatic nitrogens is 2. The number of methoxy groups -OCH3 is 1. The van der Waals surface area contributed by atoms with Gasteiger partial charge >= 0.3 is 0 Å². The van der Waals surface area contributed by atoms with Gasteiger partial charge in [-0.3, -0.25) is 9.80 Å². The molecule has 1 aromatic heterocycles. The van der Waals surface area contributed by atoms with Crippen molar-refractivity contribution in [2.45, 2.75) is 24.9 Å². The van der Waals surface area contributed by atoms with Gasteiger partial charge in [0.25, 0.3) is 0 Å². The summed E-state index contributed by atoms with van der Waals surface area (Å²) in [5, 5.41) is 12.4. The Bertz CT molecular complexity index is 987. The van der Waals surface area contributed by atoms with Crippen molar-refractivity contribution >= 4 is 5.91 Å². The summed E-state index contributed by atoms with van der Waals surface area (Å²) in [5.41, 5.74) is 4.87. The number of carbonyl (C=O) groups excluding carboxylic acids is 1. The molecule has 0 radical (unpaired) electrons. The lowest BCUT2D eigenvalue weighted by Crippen LogP contribution is -2.53. The highest BCUT2D eigenvalue weighted by atomic mass is 19.1. The fraction of sp³-hybridized carbons (Fsp3) is 0.450. The molecule has 2 fully saturated rings. The highest BCUT2D eigenvalue weighted by Crippen LogP contribution is 2.35. The minimum atomic E-state index is -0.494. The van der Waals surface area contributed by atoms with Gasteiger partial charge in [0.05, 0.1) is 13.0 Å². The lowest BCUT2D eigenvalue weighted by Gasteiger charge is -2.38. The van der Waals surface area contributed by atoms with Gasteiger partial charge in [0, 0.05) is 29.8 Å². The quantitative estimate of drug-likeness (QED) is 0.684. The van der Waals surface area contributed by atoms with Gasteiger partial charge in [-0.15, -0.1) is 0 Å². The number of allylic oxidation sites excluding steroid dienone is 1. The zero-order valence-electron chi connectivity index (χ0n) is 16.5. The Morgan fingerprint density at radius 1 is 1.30 bits per heavy atom. The predicted molar refractivity (Wildman–Crippen MR) is 104 cm³/mol. The smallest absolute Gasteiger partial charge is 0.247 e. The van der Waals surface area contributed by atoms with Gasteiger partial charge in [0.2, 0.25) is 17.6 Å². The van der Waals surface area contributed by atoms with Crippen molar-refractivity contribution in [3.8, 4) is 17.1 Å². The Hall–Kier alpha value is -2.98. The third-order valence-corrected chi connectivity index (χ3v) is 5.91. The summed E-state index contributed by atoms with van der Waals surface area (Å²) in [4.78, 5) is 16.9. The molecule has 3 aliphatic heterocycles. The van der Waals surface area contributed by atoms with E-state index in [1.165, 1.54) is 19.2 Å². The predicted octanol–water partition coefficient (Wildman–Crippen LogP) is 1.13. The molecule has 1 aromatic carbocycles. The molecule has 3 N–H and O–H groups in total. The number of ether oxygens (including phenoxy) is 1. The van der Waals surface area contributed by atoms with Crippen LogP contribution in [0.1, 0.15) is 24.7 Å². The number of halogens is 1. The van der Waals surface area contributed by atoms with Crippen LogP contribution in [0.4, 0.5) is 4.39 Å². The standard InChI is InChI=1S/C20H23FN6O3/c1-29-16-3-2-12(8-14(16)21)18-25-20(30-26-18)13-10-23-27-15(9-17(28)24-19(13)27)11-4-6-22-7-5-11/h2-3,8-9,11,13,19,22-23H,4-7,10H2,1H3,(H,24,28). The first-order valence-electron chi connectivity index (χ1n) is 10.1. The van der Waals surface area contributed by atoms with E-state index in [-0.39, 0.29) is 23.7 Å².